The molecule has 3 N–H and O–H groups in total. The third-order valence-corrected chi connectivity index (χ3v) is 3.02. The number of ether oxygens (including phenoxy) is 2. The van der Waals surface area contributed by atoms with E-state index < -0.39 is 0 Å². The van der Waals surface area contributed by atoms with E-state index >= 15 is 0 Å². The summed E-state index contributed by atoms with van der Waals surface area (Å²) in [7, 11) is 3.28. The predicted octanol–water partition coefficient (Wildman–Crippen LogP) is 1.99. The fourth-order valence-electron chi connectivity index (χ4n) is 2.18. The molecule has 0 atom stereocenters. The molecule has 0 saturated heterocycles. The maximum atomic E-state index is 5.64. The number of nitrogens with two attached hydrogens (primary N) is 1. The number of hydrogen-bond donors (Lipinski definition) is 2. The molecule has 0 unspecified atom stereocenters. The van der Waals surface area contributed by atoms with Gasteiger partial charge in [-0.05, 0) is 31.5 Å². The molecule has 0 fully saturated rings. The lowest BCUT2D eigenvalue weighted by atomic mass is 10.1. The van der Waals surface area contributed by atoms with E-state index in [1.807, 2.05) is 12.1 Å². The van der Waals surface area contributed by atoms with Crippen LogP contribution in [-0.4, -0.2) is 25.7 Å². The zero-order valence-corrected chi connectivity index (χ0v) is 10.5. The van der Waals surface area contributed by atoms with Gasteiger partial charge in [-0.3, -0.25) is 0 Å². The lowest BCUT2D eigenvalue weighted by Crippen LogP contribution is -2.03. The minimum Gasteiger partial charge on any atom is -0.493 e. The van der Waals surface area contributed by atoms with Crippen molar-refractivity contribution in [1.29, 1.82) is 0 Å². The Kier molecular flexibility index (Phi) is 3.24. The molecular weight excluding hydrogens is 216 g/mol. The summed E-state index contributed by atoms with van der Waals surface area (Å²) in [6.45, 7) is 2.70. The van der Waals surface area contributed by atoms with E-state index in [1.54, 1.807) is 14.2 Å². The van der Waals surface area contributed by atoms with Crippen LogP contribution in [0.5, 0.6) is 11.5 Å². The van der Waals surface area contributed by atoms with Gasteiger partial charge in [0, 0.05) is 22.7 Å². The average molecular weight is 234 g/mol. The number of aromatic nitrogens is 1. The van der Waals surface area contributed by atoms with Crippen molar-refractivity contribution >= 4 is 10.9 Å². The van der Waals surface area contributed by atoms with Crippen molar-refractivity contribution in [2.75, 3.05) is 20.8 Å². The molecule has 4 heteroatoms. The third kappa shape index (κ3) is 1.96. The number of aryl methyl sites for hydroxylation is 1. The zero-order valence-electron chi connectivity index (χ0n) is 10.5. The van der Waals surface area contributed by atoms with Crippen LogP contribution in [0.1, 0.15) is 11.3 Å². The number of fused-ring (bicyclic) bond motifs is 1. The summed E-state index contributed by atoms with van der Waals surface area (Å²) in [4.78, 5) is 3.35. The lowest BCUT2D eigenvalue weighted by molar-refractivity contribution is 0.356. The number of H-pyrrole nitrogens is 1. The highest BCUT2D eigenvalue weighted by molar-refractivity contribution is 5.88. The number of hydrogen-bond acceptors (Lipinski definition) is 3. The minimum absolute atomic E-state index is 0.641. The molecule has 4 nitrogen and oxygen atoms in total. The Labute approximate surface area is 101 Å². The first kappa shape index (κ1) is 11.8. The Balaban J connectivity index is 2.65. The van der Waals surface area contributed by atoms with E-state index in [4.69, 9.17) is 15.2 Å². The van der Waals surface area contributed by atoms with Crippen molar-refractivity contribution in [2.24, 2.45) is 5.73 Å². The molecule has 1 aromatic carbocycles. The fourth-order valence-corrected chi connectivity index (χ4v) is 2.18. The molecule has 2 aromatic rings. The van der Waals surface area contributed by atoms with Gasteiger partial charge in [0.25, 0.3) is 0 Å². The Morgan fingerprint density at radius 1 is 1.18 bits per heavy atom. The van der Waals surface area contributed by atoms with Crippen LogP contribution in [0, 0.1) is 6.92 Å². The lowest BCUT2D eigenvalue weighted by Gasteiger charge is -2.07. The van der Waals surface area contributed by atoms with Gasteiger partial charge in [0.2, 0.25) is 0 Å². The number of benzene rings is 1. The summed E-state index contributed by atoms with van der Waals surface area (Å²) < 4.78 is 10.6. The van der Waals surface area contributed by atoms with Crippen LogP contribution < -0.4 is 15.2 Å². The molecule has 0 aliphatic carbocycles. The van der Waals surface area contributed by atoms with Crippen molar-refractivity contribution in [3.05, 3.63) is 23.4 Å². The van der Waals surface area contributed by atoms with E-state index in [0.29, 0.717) is 6.54 Å². The molecule has 17 heavy (non-hydrogen) atoms. The predicted molar refractivity (Wildman–Crippen MR) is 68.9 cm³/mol. The highest BCUT2D eigenvalue weighted by Gasteiger charge is 2.12. The number of methoxy groups -OCH3 is 2. The highest BCUT2D eigenvalue weighted by atomic mass is 16.5. The van der Waals surface area contributed by atoms with Crippen LogP contribution in [0.2, 0.25) is 0 Å². The van der Waals surface area contributed by atoms with Gasteiger partial charge < -0.3 is 20.2 Å². The normalized spacial score (nSPS) is 10.8. The molecular formula is C13H18N2O2. The molecule has 0 saturated carbocycles. The Morgan fingerprint density at radius 2 is 1.82 bits per heavy atom. The fraction of sp³-hybridized carbons (Fsp3) is 0.385. The van der Waals surface area contributed by atoms with Gasteiger partial charge in [-0.2, -0.15) is 0 Å². The summed E-state index contributed by atoms with van der Waals surface area (Å²) in [6, 6.07) is 3.96. The number of nitrogens with one attached hydrogen (secondary N) is 1. The summed E-state index contributed by atoms with van der Waals surface area (Å²) in [5.41, 5.74) is 9.10. The second-order valence-corrected chi connectivity index (χ2v) is 4.02. The Hall–Kier alpha value is -1.68. The van der Waals surface area contributed by atoms with Gasteiger partial charge in [-0.25, -0.2) is 0 Å². The SMILES string of the molecule is COc1cc2[nH]c(C)c(CCN)c2cc1OC. The molecule has 0 aliphatic rings. The second kappa shape index (κ2) is 4.67. The van der Waals surface area contributed by atoms with Gasteiger partial charge in [-0.15, -0.1) is 0 Å². The van der Waals surface area contributed by atoms with E-state index in [9.17, 15) is 0 Å². The van der Waals surface area contributed by atoms with Crippen LogP contribution in [0.15, 0.2) is 12.1 Å². The first-order valence-corrected chi connectivity index (χ1v) is 5.64. The molecule has 0 aliphatic heterocycles. The first-order chi connectivity index (χ1) is 8.21. The van der Waals surface area contributed by atoms with E-state index in [1.165, 1.54) is 5.56 Å². The van der Waals surface area contributed by atoms with Crippen molar-refractivity contribution in [2.45, 2.75) is 13.3 Å². The largest absolute Gasteiger partial charge is 0.493 e. The molecule has 0 spiro atoms. The molecule has 92 valence electrons. The standard InChI is InChI=1S/C13H18N2O2/c1-8-9(4-5-14)10-6-12(16-2)13(17-3)7-11(10)15-8/h6-7,15H,4-5,14H2,1-3H3. The second-order valence-electron chi connectivity index (χ2n) is 4.02. The molecule has 2 rings (SSSR count). The van der Waals surface area contributed by atoms with Crippen molar-refractivity contribution in [3.63, 3.8) is 0 Å². The summed E-state index contributed by atoms with van der Waals surface area (Å²) in [5.74, 6) is 1.48. The van der Waals surface area contributed by atoms with Crippen LogP contribution in [-0.2, 0) is 6.42 Å². The van der Waals surface area contributed by atoms with Crippen molar-refractivity contribution in [1.82, 2.24) is 4.98 Å². The van der Waals surface area contributed by atoms with Crippen LogP contribution in [0.3, 0.4) is 0 Å². The third-order valence-electron chi connectivity index (χ3n) is 3.02. The van der Waals surface area contributed by atoms with Crippen LogP contribution in [0.4, 0.5) is 0 Å². The first-order valence-electron chi connectivity index (χ1n) is 5.64. The van der Waals surface area contributed by atoms with Gasteiger partial charge >= 0.3 is 0 Å². The van der Waals surface area contributed by atoms with Gasteiger partial charge in [0.1, 0.15) is 0 Å². The monoisotopic (exact) mass is 234 g/mol. The number of rotatable bonds is 4. The number of aromatic amines is 1. The topological polar surface area (TPSA) is 60.3 Å². The quantitative estimate of drug-likeness (QED) is 0.850. The van der Waals surface area contributed by atoms with Gasteiger partial charge in [0.15, 0.2) is 11.5 Å². The molecule has 0 bridgehead atoms. The molecule has 1 aromatic heterocycles. The summed E-state index contributed by atoms with van der Waals surface area (Å²) in [5, 5.41) is 1.16. The van der Waals surface area contributed by atoms with E-state index in [0.717, 1.165) is 34.5 Å². The van der Waals surface area contributed by atoms with Gasteiger partial charge in [0.05, 0.1) is 14.2 Å². The van der Waals surface area contributed by atoms with E-state index in [2.05, 4.69) is 11.9 Å². The van der Waals surface area contributed by atoms with E-state index in [-0.39, 0.29) is 0 Å². The Morgan fingerprint density at radius 3 is 2.41 bits per heavy atom. The summed E-state index contributed by atoms with van der Waals surface area (Å²) in [6.07, 6.45) is 0.862. The summed E-state index contributed by atoms with van der Waals surface area (Å²) >= 11 is 0. The molecule has 0 amide bonds. The molecule has 1 heterocycles. The van der Waals surface area contributed by atoms with Crippen LogP contribution in [0.25, 0.3) is 10.9 Å². The maximum Gasteiger partial charge on any atom is 0.162 e. The van der Waals surface area contributed by atoms with Crippen molar-refractivity contribution < 1.29 is 9.47 Å². The zero-order chi connectivity index (χ0) is 12.4. The van der Waals surface area contributed by atoms with Crippen LogP contribution >= 0.6 is 0 Å². The van der Waals surface area contributed by atoms with Gasteiger partial charge in [-0.1, -0.05) is 0 Å². The minimum atomic E-state index is 0.641. The Bertz CT molecular complexity index is 532. The molecule has 0 radical (unpaired) electrons. The average Bonchev–Trinajstić information content (AvgIpc) is 2.64. The maximum absolute atomic E-state index is 5.64. The smallest absolute Gasteiger partial charge is 0.162 e. The van der Waals surface area contributed by atoms with Crippen molar-refractivity contribution in [3.8, 4) is 11.5 Å². The highest BCUT2D eigenvalue weighted by Crippen LogP contribution is 2.34.